The van der Waals surface area contributed by atoms with E-state index in [2.05, 4.69) is 5.32 Å². The zero-order chi connectivity index (χ0) is 8.99. The molecule has 0 spiro atoms. The smallest absolute Gasteiger partial charge is 0.0541 e. The van der Waals surface area contributed by atoms with E-state index in [1.807, 2.05) is 41.7 Å². The van der Waals surface area contributed by atoms with Crippen molar-refractivity contribution < 1.29 is 0 Å². The van der Waals surface area contributed by atoms with Crippen LogP contribution in [0.25, 0.3) is 0 Å². The summed E-state index contributed by atoms with van der Waals surface area (Å²) in [4.78, 5) is 0. The van der Waals surface area contributed by atoms with Gasteiger partial charge in [-0.15, -0.1) is 0 Å². The van der Waals surface area contributed by atoms with Crippen molar-refractivity contribution >= 4 is 0 Å². The van der Waals surface area contributed by atoms with Crippen LogP contribution < -0.4 is 11.1 Å². The van der Waals surface area contributed by atoms with Gasteiger partial charge in [-0.2, -0.15) is 0 Å². The van der Waals surface area contributed by atoms with E-state index in [0.29, 0.717) is 0 Å². The van der Waals surface area contributed by atoms with Crippen molar-refractivity contribution in [2.24, 2.45) is 5.73 Å². The fourth-order valence-corrected chi connectivity index (χ4v) is 0.204. The molecular weight excluding hydrogens is 124 g/mol. The maximum Gasteiger partial charge on any atom is 0.0541 e. The lowest BCUT2D eigenvalue weighted by Gasteiger charge is -2.02. The van der Waals surface area contributed by atoms with Crippen LogP contribution in [0.2, 0.25) is 0 Å². The van der Waals surface area contributed by atoms with Crippen molar-refractivity contribution in [3.8, 4) is 0 Å². The molecule has 0 aromatic rings. The minimum atomic E-state index is 0.185. The third-order valence-electron chi connectivity index (χ3n) is 0.811. The second kappa shape index (κ2) is 23.1. The summed E-state index contributed by atoms with van der Waals surface area (Å²) in [5.41, 5.74) is 5.36. The zero-order valence-corrected chi connectivity index (χ0v) is 8.36. The normalized spacial score (nSPS) is 9.90. The molecule has 10 heavy (non-hydrogen) atoms. The van der Waals surface area contributed by atoms with Gasteiger partial charge in [0.2, 0.25) is 0 Å². The molecule has 1 atom stereocenters. The van der Waals surface area contributed by atoms with Crippen LogP contribution in [0, 0.1) is 0 Å². The lowest BCUT2D eigenvalue weighted by atomic mass is 10.4. The molecule has 0 aliphatic rings. The Morgan fingerprint density at radius 1 is 1.20 bits per heavy atom. The van der Waals surface area contributed by atoms with E-state index in [9.17, 15) is 0 Å². The molecule has 3 N–H and O–H groups in total. The molecule has 2 heteroatoms. The Kier molecular flexibility index (Phi) is 38.1. The first-order valence-corrected chi connectivity index (χ1v) is 4.24. The van der Waals surface area contributed by atoms with E-state index in [-0.39, 0.29) is 6.17 Å². The highest BCUT2D eigenvalue weighted by Gasteiger charge is 1.86. The maximum absolute atomic E-state index is 5.36. The molecule has 66 valence electrons. The molecule has 0 aromatic carbocycles. The molecule has 0 amide bonds. The van der Waals surface area contributed by atoms with E-state index >= 15 is 0 Å². The second-order valence-electron chi connectivity index (χ2n) is 1.30. The Hall–Kier alpha value is -0.0800. The number of rotatable bonds is 2. The molecule has 0 heterocycles. The Balaban J connectivity index is -0.000000105. The standard InChI is InChI=1S/C4H12N2.2C2H6/c1-3-4(5)6-2;2*1-2/h4,6H,3,5H2,1-2H3;2*1-2H3. The van der Waals surface area contributed by atoms with Crippen LogP contribution >= 0.6 is 0 Å². The van der Waals surface area contributed by atoms with Crippen molar-refractivity contribution in [1.82, 2.24) is 5.32 Å². The predicted octanol–water partition coefficient (Wildman–Crippen LogP) is 1.95. The summed E-state index contributed by atoms with van der Waals surface area (Å²) >= 11 is 0. The molecule has 0 saturated heterocycles. The van der Waals surface area contributed by atoms with Gasteiger partial charge in [-0.25, -0.2) is 0 Å². The quantitative estimate of drug-likeness (QED) is 0.587. The highest BCUT2D eigenvalue weighted by Crippen LogP contribution is 1.73. The van der Waals surface area contributed by atoms with E-state index < -0.39 is 0 Å². The highest BCUT2D eigenvalue weighted by molar-refractivity contribution is 4.46. The van der Waals surface area contributed by atoms with Crippen LogP contribution in [0.5, 0.6) is 0 Å². The topological polar surface area (TPSA) is 38.0 Å². The summed E-state index contributed by atoms with van der Waals surface area (Å²) in [5.74, 6) is 0. The summed E-state index contributed by atoms with van der Waals surface area (Å²) in [6.45, 7) is 10.0. The van der Waals surface area contributed by atoms with Crippen LogP contribution in [-0.4, -0.2) is 13.2 Å². The fourth-order valence-electron chi connectivity index (χ4n) is 0.204. The minimum absolute atomic E-state index is 0.185. The molecule has 0 saturated carbocycles. The lowest BCUT2D eigenvalue weighted by Crippen LogP contribution is -2.33. The van der Waals surface area contributed by atoms with Crippen molar-refractivity contribution in [2.45, 2.75) is 47.2 Å². The molecule has 0 radical (unpaired) electrons. The Labute approximate surface area is 66.2 Å². The highest BCUT2D eigenvalue weighted by atomic mass is 15.0. The van der Waals surface area contributed by atoms with Crippen LogP contribution in [0.4, 0.5) is 0 Å². The van der Waals surface area contributed by atoms with Crippen molar-refractivity contribution in [3.63, 3.8) is 0 Å². The van der Waals surface area contributed by atoms with E-state index in [1.54, 1.807) is 0 Å². The van der Waals surface area contributed by atoms with Crippen LogP contribution in [0.1, 0.15) is 41.0 Å². The molecular formula is C8H24N2. The zero-order valence-electron chi connectivity index (χ0n) is 8.36. The Bertz CT molecular complexity index is 26.4. The fraction of sp³-hybridized carbons (Fsp3) is 1.00. The lowest BCUT2D eigenvalue weighted by molar-refractivity contribution is 0.568. The van der Waals surface area contributed by atoms with Gasteiger partial charge >= 0.3 is 0 Å². The monoisotopic (exact) mass is 148 g/mol. The number of hydrogen-bond acceptors (Lipinski definition) is 2. The van der Waals surface area contributed by atoms with E-state index in [1.165, 1.54) is 0 Å². The molecule has 2 nitrogen and oxygen atoms in total. The van der Waals surface area contributed by atoms with Crippen LogP contribution in [-0.2, 0) is 0 Å². The van der Waals surface area contributed by atoms with E-state index in [0.717, 1.165) is 6.42 Å². The first-order valence-electron chi connectivity index (χ1n) is 4.24. The molecule has 0 aliphatic heterocycles. The summed E-state index contributed by atoms with van der Waals surface area (Å²) in [6.07, 6.45) is 1.18. The summed E-state index contributed by atoms with van der Waals surface area (Å²) in [5, 5.41) is 2.89. The van der Waals surface area contributed by atoms with Gasteiger partial charge in [0.05, 0.1) is 6.17 Å². The van der Waals surface area contributed by atoms with Crippen LogP contribution in [0.15, 0.2) is 0 Å². The van der Waals surface area contributed by atoms with Crippen molar-refractivity contribution in [3.05, 3.63) is 0 Å². The van der Waals surface area contributed by atoms with Gasteiger partial charge in [0.25, 0.3) is 0 Å². The Morgan fingerprint density at radius 2 is 1.50 bits per heavy atom. The maximum atomic E-state index is 5.36. The summed E-state index contributed by atoms with van der Waals surface area (Å²) in [7, 11) is 1.86. The van der Waals surface area contributed by atoms with Gasteiger partial charge in [-0.1, -0.05) is 34.6 Å². The van der Waals surface area contributed by atoms with Gasteiger partial charge < -0.3 is 11.1 Å². The first-order chi connectivity index (χ1) is 4.81. The SMILES string of the molecule is CC.CC.CCC(N)NC. The average molecular weight is 148 g/mol. The number of nitrogens with one attached hydrogen (secondary N) is 1. The average Bonchev–Trinajstić information content (AvgIpc) is 2.10. The summed E-state index contributed by atoms with van der Waals surface area (Å²) in [6, 6.07) is 0. The molecule has 0 aromatic heterocycles. The third-order valence-corrected chi connectivity index (χ3v) is 0.811. The van der Waals surface area contributed by atoms with Gasteiger partial charge in [0.15, 0.2) is 0 Å². The Morgan fingerprint density at radius 3 is 1.50 bits per heavy atom. The van der Waals surface area contributed by atoms with Gasteiger partial charge in [0.1, 0.15) is 0 Å². The van der Waals surface area contributed by atoms with E-state index in [4.69, 9.17) is 5.73 Å². The second-order valence-corrected chi connectivity index (χ2v) is 1.30. The third kappa shape index (κ3) is 24.7. The summed E-state index contributed by atoms with van der Waals surface area (Å²) < 4.78 is 0. The molecule has 0 rings (SSSR count). The van der Waals surface area contributed by atoms with Crippen LogP contribution in [0.3, 0.4) is 0 Å². The van der Waals surface area contributed by atoms with Crippen molar-refractivity contribution in [1.29, 1.82) is 0 Å². The van der Waals surface area contributed by atoms with Crippen molar-refractivity contribution in [2.75, 3.05) is 7.05 Å². The first kappa shape index (κ1) is 16.5. The molecule has 0 bridgehead atoms. The molecule has 0 aliphatic carbocycles. The molecule has 1 unspecified atom stereocenters. The minimum Gasteiger partial charge on any atom is -0.316 e. The largest absolute Gasteiger partial charge is 0.316 e. The predicted molar refractivity (Wildman–Crippen MR) is 50.0 cm³/mol. The number of hydrogen-bond donors (Lipinski definition) is 2. The van der Waals surface area contributed by atoms with Gasteiger partial charge in [-0.05, 0) is 13.5 Å². The van der Waals surface area contributed by atoms with Gasteiger partial charge in [-0.3, -0.25) is 0 Å². The molecule has 0 fully saturated rings. The number of nitrogens with two attached hydrogens (primary N) is 1. The van der Waals surface area contributed by atoms with Gasteiger partial charge in [0, 0.05) is 0 Å².